The quantitative estimate of drug-likeness (QED) is 0.0172. The zero-order chi connectivity index (χ0) is 86.7. The van der Waals surface area contributed by atoms with Crippen LogP contribution in [0, 0.1) is 71.0 Å². The molecule has 7 rings (SSSR count). The number of methoxy groups -OCH3 is 4. The number of rotatable bonds is 33. The normalized spacial score (nSPS) is 20.0. The van der Waals surface area contributed by atoms with Crippen molar-refractivity contribution in [2.24, 2.45) is 76.7 Å². The Labute approximate surface area is 681 Å². The fraction of sp³-hybridized carbons (Fsp3) is 0.652. The molecule has 19 atom stereocenters. The average Bonchev–Trinajstić information content (AvgIpc) is 1.62. The van der Waals surface area contributed by atoms with Crippen molar-refractivity contribution < 1.29 is 77.0 Å². The third kappa shape index (κ3) is 32.6. The molecule has 1 aliphatic heterocycles. The van der Waals surface area contributed by atoms with Crippen LogP contribution in [0.5, 0.6) is 0 Å². The van der Waals surface area contributed by atoms with Gasteiger partial charge >= 0.3 is 23.9 Å². The lowest BCUT2D eigenvalue weighted by Crippen LogP contribution is -2.44. The Kier molecular flexibility index (Phi) is 52.9. The third-order valence-electron chi connectivity index (χ3n) is 22.6. The van der Waals surface area contributed by atoms with E-state index in [1.54, 1.807) is 76.5 Å². The van der Waals surface area contributed by atoms with E-state index in [4.69, 9.17) is 39.3 Å². The van der Waals surface area contributed by atoms with Gasteiger partial charge in [-0.15, -0.1) is 0 Å². The second-order valence-electron chi connectivity index (χ2n) is 30.0. The summed E-state index contributed by atoms with van der Waals surface area (Å²) in [4.78, 5) is 97.4. The maximum absolute atomic E-state index is 12.8. The summed E-state index contributed by atoms with van der Waals surface area (Å²) in [6.45, 7) is 49.6. The highest BCUT2D eigenvalue weighted by Crippen LogP contribution is 2.46. The van der Waals surface area contributed by atoms with Crippen molar-refractivity contribution in [3.63, 3.8) is 0 Å². The maximum atomic E-state index is 12.8. The van der Waals surface area contributed by atoms with E-state index in [9.17, 15) is 43.5 Å². The van der Waals surface area contributed by atoms with Gasteiger partial charge in [0.05, 0.1) is 68.6 Å². The van der Waals surface area contributed by atoms with Crippen LogP contribution in [0.1, 0.15) is 226 Å². The first-order chi connectivity index (χ1) is 53.6. The number of ketones is 4. The molecule has 4 aromatic carbocycles. The number of nitrogens with one attached hydrogen (secondary N) is 4. The predicted molar refractivity (Wildman–Crippen MR) is 457 cm³/mol. The highest BCUT2D eigenvalue weighted by molar-refractivity contribution is 5.87. The molecular weight excluding hydrogens is 1430 g/mol. The van der Waals surface area contributed by atoms with Crippen molar-refractivity contribution in [3.8, 4) is 22.3 Å². The van der Waals surface area contributed by atoms with Gasteiger partial charge in [-0.25, -0.2) is 0 Å². The molecule has 21 heteroatoms. The first kappa shape index (κ1) is 106. The van der Waals surface area contributed by atoms with Crippen molar-refractivity contribution >= 4 is 47.0 Å². The molecule has 0 spiro atoms. The van der Waals surface area contributed by atoms with Gasteiger partial charge in [-0.3, -0.25) is 54.3 Å². The van der Waals surface area contributed by atoms with E-state index in [1.165, 1.54) is 49.3 Å². The van der Waals surface area contributed by atoms with Gasteiger partial charge < -0.3 is 49.7 Å². The lowest BCUT2D eigenvalue weighted by molar-refractivity contribution is -0.148. The van der Waals surface area contributed by atoms with Gasteiger partial charge in [-0.05, 0) is 114 Å². The first-order valence-electron chi connectivity index (χ1n) is 41.7. The molecule has 21 nitrogen and oxygen atoms in total. The Morgan fingerprint density at radius 1 is 0.460 bits per heavy atom. The molecule has 0 amide bonds. The molecule has 19 unspecified atom stereocenters. The summed E-state index contributed by atoms with van der Waals surface area (Å²) in [5, 5.41) is 30.5. The Morgan fingerprint density at radius 3 is 1.06 bits per heavy atom. The molecule has 2 aliphatic carbocycles. The number of benzene rings is 4. The highest BCUT2D eigenvalue weighted by atomic mass is 16.5. The van der Waals surface area contributed by atoms with Crippen LogP contribution in [-0.4, -0.2) is 174 Å². The van der Waals surface area contributed by atoms with Crippen molar-refractivity contribution in [1.82, 2.24) is 21.3 Å². The minimum Gasteiger partial charge on any atom is -0.481 e. The first-order valence-corrected chi connectivity index (χ1v) is 41.7. The van der Waals surface area contributed by atoms with Crippen molar-refractivity contribution in [2.45, 2.75) is 253 Å². The number of hydrogen-bond acceptors (Lipinski definition) is 19. The molecular formula is C92H151N5O16. The molecule has 0 radical (unpaired) electrons. The van der Waals surface area contributed by atoms with Gasteiger partial charge in [-0.1, -0.05) is 255 Å². The molecule has 0 aromatic heterocycles. The number of esters is 2. The molecule has 8 N–H and O–H groups in total. The second kappa shape index (κ2) is 56.4. The van der Waals surface area contributed by atoms with Crippen LogP contribution in [0.3, 0.4) is 0 Å². The minimum absolute atomic E-state index is 0.0229. The molecule has 640 valence electrons. The van der Waals surface area contributed by atoms with E-state index in [-0.39, 0.29) is 128 Å². The van der Waals surface area contributed by atoms with E-state index in [0.717, 1.165) is 28.7 Å². The fourth-order valence-electron chi connectivity index (χ4n) is 14.4. The van der Waals surface area contributed by atoms with Crippen molar-refractivity contribution in [1.29, 1.82) is 0 Å². The average molecular weight is 1580 g/mol. The smallest absolute Gasteiger partial charge is 0.322 e. The monoisotopic (exact) mass is 1580 g/mol. The van der Waals surface area contributed by atoms with Gasteiger partial charge in [0.1, 0.15) is 25.3 Å². The number of carbonyl (C=O) groups is 8. The van der Waals surface area contributed by atoms with E-state index in [2.05, 4.69) is 111 Å². The number of carboxylic acid groups (broad SMARTS) is 2. The van der Waals surface area contributed by atoms with Crippen LogP contribution < -0.4 is 27.0 Å². The number of aliphatic carboxylic acids is 2. The number of ether oxygens (including phenoxy) is 6. The van der Waals surface area contributed by atoms with Gasteiger partial charge in [0.2, 0.25) is 0 Å². The third-order valence-corrected chi connectivity index (χ3v) is 22.6. The van der Waals surface area contributed by atoms with Gasteiger partial charge in [0.25, 0.3) is 0 Å². The zero-order valence-corrected chi connectivity index (χ0v) is 74.5. The molecule has 1 heterocycles. The van der Waals surface area contributed by atoms with Crippen molar-refractivity contribution in [3.05, 3.63) is 119 Å². The van der Waals surface area contributed by atoms with Crippen LogP contribution in [0.4, 0.5) is 0 Å². The van der Waals surface area contributed by atoms with Crippen LogP contribution >= 0.6 is 0 Å². The summed E-state index contributed by atoms with van der Waals surface area (Å²) in [5.74, 6) is -3.77. The highest BCUT2D eigenvalue weighted by Gasteiger charge is 2.39. The number of fused-ring (bicyclic) bond motifs is 6. The summed E-state index contributed by atoms with van der Waals surface area (Å²) in [6, 6.07) is 32.0. The molecule has 3 aliphatic rings. The summed E-state index contributed by atoms with van der Waals surface area (Å²) in [6.07, 6.45) is 2.26. The lowest BCUT2D eigenvalue weighted by atomic mass is 9.81. The Hall–Kier alpha value is -6.92. The SMILES string of the molecule is CC.CC.CC.CC.COC(C(C)C(=O)CNC(C)C(=O)OCC1c2ccccc2-c2ccccc21)C(C)C(C)C.COC(C(C)C(=O)CNC(C)C(=O)OCC1c2ccccc2-c2ccccc21)C(C)C(C)C(=O)O.COC(C(C)C(=O)CNC(C)N)C(C)C(C)C(=O)O.COC1C(C)C(=O)CNC(C)CCCC(C)C1C. The number of hydrogen-bond donors (Lipinski definition) is 7. The topological polar surface area (TPSA) is 307 Å². The van der Waals surface area contributed by atoms with E-state index in [1.807, 2.05) is 118 Å². The summed E-state index contributed by atoms with van der Waals surface area (Å²) < 4.78 is 33.4. The largest absolute Gasteiger partial charge is 0.481 e. The molecule has 4 aromatic rings. The molecule has 0 bridgehead atoms. The van der Waals surface area contributed by atoms with Gasteiger partial charge in [-0.2, -0.15) is 0 Å². The summed E-state index contributed by atoms with van der Waals surface area (Å²) in [7, 11) is 6.36. The lowest BCUT2D eigenvalue weighted by Gasteiger charge is -2.31. The molecule has 113 heavy (non-hydrogen) atoms. The molecule has 0 saturated carbocycles. The number of carboxylic acids is 2. The molecule has 1 fully saturated rings. The fourth-order valence-corrected chi connectivity index (χ4v) is 14.4. The zero-order valence-electron chi connectivity index (χ0n) is 74.5. The van der Waals surface area contributed by atoms with Gasteiger partial charge in [0, 0.05) is 70.0 Å². The van der Waals surface area contributed by atoms with E-state index >= 15 is 0 Å². The van der Waals surface area contributed by atoms with Gasteiger partial charge in [0.15, 0.2) is 23.1 Å². The Balaban J connectivity index is 0.00000149. The van der Waals surface area contributed by atoms with Crippen LogP contribution in [0.15, 0.2) is 97.1 Å². The summed E-state index contributed by atoms with van der Waals surface area (Å²) in [5.41, 5.74) is 14.9. The van der Waals surface area contributed by atoms with Crippen LogP contribution in [-0.2, 0) is 66.8 Å². The number of nitrogens with two attached hydrogens (primary N) is 1. The number of Topliss-reactive ketones (excluding diaryl/α,β-unsaturated/α-hetero) is 4. The van der Waals surface area contributed by atoms with Crippen LogP contribution in [0.2, 0.25) is 0 Å². The van der Waals surface area contributed by atoms with Crippen molar-refractivity contribution in [2.75, 3.05) is 67.8 Å². The predicted octanol–water partition coefficient (Wildman–Crippen LogP) is 15.9. The Bertz CT molecular complexity index is 3330. The second-order valence-corrected chi connectivity index (χ2v) is 30.0. The standard InChI is InChI=1S/C28H35NO6.C28H37NO4.C15H29NO2.C13H26N2O4.4C2H6/c1-16(17(2)27(31)32)26(34-5)18(3)25(30)14-29-19(4)28(33)35-15-24-22-12-8-6-10-20(22)21-11-7-9-13-23(21)24;1-17(2)18(3)27(32-6)19(4)26(30)15-29-20(5)28(31)33-16-25-23-13-9-7-11-21(23)22-12-8-10-14-24(22)25;1-10-7-6-8-11(2)16-9-14(17)13(4)15(18-5)12(10)3;1-7(8(2)13(17)18)12(19-5)9(3)11(16)6-15-10(4)14;4*1-2/h6-13,16-19,24,26,29H,14-15H2,1-5H3,(H,31,32);7-14,17-20,25,27,29H,15-16H2,1-6H3;10-13,15-16H,6-9H2,1-5H3;7-10,12,15H,6,14H2,1-5H3,(H,17,18);4*1-2H3. The van der Waals surface area contributed by atoms with E-state index < -0.39 is 60.0 Å². The van der Waals surface area contributed by atoms with Crippen LogP contribution in [0.25, 0.3) is 22.3 Å². The summed E-state index contributed by atoms with van der Waals surface area (Å²) >= 11 is 0. The van der Waals surface area contributed by atoms with E-state index in [0.29, 0.717) is 30.3 Å². The maximum Gasteiger partial charge on any atom is 0.322 e. The Morgan fingerprint density at radius 2 is 0.770 bits per heavy atom. The minimum atomic E-state index is -0.929. The number of carbonyl (C=O) groups excluding carboxylic acids is 6. The molecule has 1 saturated heterocycles.